The van der Waals surface area contributed by atoms with E-state index >= 15 is 0 Å². The minimum absolute atomic E-state index is 0.199. The van der Waals surface area contributed by atoms with E-state index in [9.17, 15) is 4.79 Å². The van der Waals surface area contributed by atoms with Crippen LogP contribution in [0.3, 0.4) is 0 Å². The number of nitrogens with zero attached hydrogens (tertiary/aromatic N) is 5. The molecule has 2 unspecified atom stereocenters. The molecule has 1 fully saturated rings. The maximum absolute atomic E-state index is 12.7. The number of likely N-dealkylation sites (tertiary alicyclic amines) is 1. The zero-order chi connectivity index (χ0) is 18.9. The van der Waals surface area contributed by atoms with Gasteiger partial charge in [0.25, 0.3) is 5.91 Å². The number of anilines is 1. The molecule has 0 radical (unpaired) electrons. The van der Waals surface area contributed by atoms with Crippen LogP contribution in [0.25, 0.3) is 0 Å². The maximum atomic E-state index is 12.7. The van der Waals surface area contributed by atoms with Gasteiger partial charge >= 0.3 is 0 Å². The molecule has 7 nitrogen and oxygen atoms in total. The van der Waals surface area contributed by atoms with E-state index in [1.807, 2.05) is 47.3 Å². The number of pyridine rings is 1. The summed E-state index contributed by atoms with van der Waals surface area (Å²) in [5.41, 5.74) is 2.05. The molecule has 1 saturated heterocycles. The van der Waals surface area contributed by atoms with Gasteiger partial charge in [0.05, 0.1) is 0 Å². The van der Waals surface area contributed by atoms with Crippen LogP contribution in [0.5, 0.6) is 0 Å². The van der Waals surface area contributed by atoms with Crippen molar-refractivity contribution in [2.45, 2.75) is 19.5 Å². The molecular formula is C21H22N6O. The molecule has 0 saturated carbocycles. The molecule has 1 aromatic carbocycles. The molecule has 5 rings (SSSR count). The number of aromatic nitrogens is 4. The third-order valence-electron chi connectivity index (χ3n) is 5.73. The predicted molar refractivity (Wildman–Crippen MR) is 105 cm³/mol. The molecule has 142 valence electrons. The van der Waals surface area contributed by atoms with Gasteiger partial charge in [0.1, 0.15) is 5.82 Å². The maximum Gasteiger partial charge on any atom is 0.293 e. The summed E-state index contributed by atoms with van der Waals surface area (Å²) in [5.74, 6) is 2.22. The van der Waals surface area contributed by atoms with Crippen molar-refractivity contribution < 1.29 is 4.79 Å². The Morgan fingerprint density at radius 2 is 1.79 bits per heavy atom. The van der Waals surface area contributed by atoms with Crippen LogP contribution in [0.15, 0.2) is 54.9 Å². The number of benzene rings is 1. The van der Waals surface area contributed by atoms with E-state index in [4.69, 9.17) is 0 Å². The highest BCUT2D eigenvalue weighted by Crippen LogP contribution is 2.33. The lowest BCUT2D eigenvalue weighted by Gasteiger charge is -2.25. The van der Waals surface area contributed by atoms with Crippen molar-refractivity contribution in [1.29, 1.82) is 0 Å². The van der Waals surface area contributed by atoms with Gasteiger partial charge in [-0.1, -0.05) is 18.2 Å². The van der Waals surface area contributed by atoms with Gasteiger partial charge in [-0.3, -0.25) is 14.7 Å². The summed E-state index contributed by atoms with van der Waals surface area (Å²) in [5, 5.41) is 11.4. The van der Waals surface area contributed by atoms with Crippen molar-refractivity contribution in [3.8, 4) is 0 Å². The van der Waals surface area contributed by atoms with Gasteiger partial charge in [-0.15, -0.1) is 10.2 Å². The Bertz CT molecular complexity index is 971. The molecule has 0 spiro atoms. The summed E-state index contributed by atoms with van der Waals surface area (Å²) in [6.45, 7) is 3.84. The van der Waals surface area contributed by atoms with E-state index < -0.39 is 0 Å². The number of carbonyl (C=O) groups is 1. The molecule has 7 heteroatoms. The number of hydrogen-bond acceptors (Lipinski definition) is 5. The normalized spacial score (nSPS) is 21.1. The molecule has 28 heavy (non-hydrogen) atoms. The van der Waals surface area contributed by atoms with Gasteiger partial charge in [-0.2, -0.15) is 0 Å². The number of amides is 1. The number of fused-ring (bicyclic) bond motifs is 2. The second kappa shape index (κ2) is 7.16. The summed E-state index contributed by atoms with van der Waals surface area (Å²) in [4.78, 5) is 19.3. The van der Waals surface area contributed by atoms with Crippen molar-refractivity contribution in [2.24, 2.45) is 11.8 Å². The van der Waals surface area contributed by atoms with Crippen LogP contribution in [0.2, 0.25) is 0 Å². The Balaban J connectivity index is 1.29. The molecule has 0 aliphatic carbocycles. The molecule has 3 aromatic rings. The summed E-state index contributed by atoms with van der Waals surface area (Å²) >= 11 is 0. The molecule has 1 amide bonds. The molecule has 2 aromatic heterocycles. The molecule has 4 heterocycles. The van der Waals surface area contributed by atoms with Crippen LogP contribution in [-0.4, -0.2) is 43.6 Å². The van der Waals surface area contributed by atoms with Gasteiger partial charge < -0.3 is 9.88 Å². The van der Waals surface area contributed by atoms with Crippen LogP contribution < -0.4 is 5.32 Å². The first kappa shape index (κ1) is 17.1. The van der Waals surface area contributed by atoms with Gasteiger partial charge in [0, 0.05) is 50.7 Å². The van der Waals surface area contributed by atoms with Crippen molar-refractivity contribution in [1.82, 2.24) is 24.6 Å². The minimum atomic E-state index is -0.199. The number of nitrogens with one attached hydrogen (secondary N) is 1. The third kappa shape index (κ3) is 3.29. The largest absolute Gasteiger partial charge is 0.319 e. The van der Waals surface area contributed by atoms with E-state index in [1.165, 1.54) is 5.56 Å². The van der Waals surface area contributed by atoms with E-state index in [-0.39, 0.29) is 5.91 Å². The highest BCUT2D eigenvalue weighted by molar-refractivity contribution is 6.01. The second-order valence-corrected chi connectivity index (χ2v) is 7.64. The van der Waals surface area contributed by atoms with Gasteiger partial charge in [-0.25, -0.2) is 0 Å². The van der Waals surface area contributed by atoms with Crippen LogP contribution in [0.1, 0.15) is 22.0 Å². The predicted octanol–water partition coefficient (Wildman–Crippen LogP) is 2.23. The van der Waals surface area contributed by atoms with Crippen molar-refractivity contribution >= 4 is 11.6 Å². The average Bonchev–Trinajstić information content (AvgIpc) is 3.30. The van der Waals surface area contributed by atoms with E-state index in [0.29, 0.717) is 17.7 Å². The monoisotopic (exact) mass is 374 g/mol. The Morgan fingerprint density at radius 1 is 1.00 bits per heavy atom. The molecule has 2 aliphatic rings. The first-order valence-corrected chi connectivity index (χ1v) is 9.66. The number of rotatable bonds is 4. The van der Waals surface area contributed by atoms with Crippen LogP contribution in [0.4, 0.5) is 5.69 Å². The quantitative estimate of drug-likeness (QED) is 0.758. The lowest BCUT2D eigenvalue weighted by Crippen LogP contribution is -2.31. The fourth-order valence-corrected chi connectivity index (χ4v) is 4.37. The number of hydrogen-bond donors (Lipinski definition) is 1. The minimum Gasteiger partial charge on any atom is -0.319 e. The summed E-state index contributed by atoms with van der Waals surface area (Å²) in [7, 11) is 0. The van der Waals surface area contributed by atoms with Crippen LogP contribution >= 0.6 is 0 Å². The number of para-hydroxylation sites is 1. The topological polar surface area (TPSA) is 75.9 Å². The first-order valence-electron chi connectivity index (χ1n) is 9.66. The lowest BCUT2D eigenvalue weighted by molar-refractivity contribution is 0.100. The van der Waals surface area contributed by atoms with Crippen LogP contribution in [-0.2, 0) is 19.5 Å². The van der Waals surface area contributed by atoms with E-state index in [2.05, 4.69) is 37.5 Å². The van der Waals surface area contributed by atoms with Crippen LogP contribution in [0, 0.1) is 11.8 Å². The Labute approximate surface area is 163 Å². The summed E-state index contributed by atoms with van der Waals surface area (Å²) < 4.78 is 2.01. The average molecular weight is 374 g/mol. The second-order valence-electron chi connectivity index (χ2n) is 7.64. The number of carbonyl (C=O) groups excluding carboxylic acids is 1. The molecular weight excluding hydrogens is 352 g/mol. The summed E-state index contributed by atoms with van der Waals surface area (Å²) in [6.07, 6.45) is 4.57. The van der Waals surface area contributed by atoms with Crippen molar-refractivity contribution in [2.75, 3.05) is 18.4 Å². The lowest BCUT2D eigenvalue weighted by atomic mass is 9.89. The Kier molecular flexibility index (Phi) is 4.37. The van der Waals surface area contributed by atoms with Crippen molar-refractivity contribution in [3.63, 3.8) is 0 Å². The van der Waals surface area contributed by atoms with Crippen molar-refractivity contribution in [3.05, 3.63) is 72.1 Å². The smallest absolute Gasteiger partial charge is 0.293 e. The van der Waals surface area contributed by atoms with Gasteiger partial charge in [0.15, 0.2) is 0 Å². The standard InChI is InChI=1S/C21H22N6O/c28-21(23-18-4-2-1-3-5-18)20-25-24-19-10-16-12-26(13-17(16)14-27(19)20)11-15-6-8-22-9-7-15/h1-9,16-17H,10-14H2,(H,23,28). The Morgan fingerprint density at radius 3 is 2.61 bits per heavy atom. The SMILES string of the molecule is O=C(Nc1ccccc1)c1nnc2n1CC1CN(Cc3ccncc3)CC1C2. The highest BCUT2D eigenvalue weighted by atomic mass is 16.2. The fourth-order valence-electron chi connectivity index (χ4n) is 4.37. The highest BCUT2D eigenvalue weighted by Gasteiger charge is 2.39. The first-order chi connectivity index (χ1) is 13.8. The molecule has 2 atom stereocenters. The van der Waals surface area contributed by atoms with E-state index in [1.54, 1.807) is 0 Å². The molecule has 2 aliphatic heterocycles. The Hall–Kier alpha value is -3.06. The fraction of sp³-hybridized carbons (Fsp3) is 0.333. The third-order valence-corrected chi connectivity index (χ3v) is 5.73. The molecule has 1 N–H and O–H groups in total. The zero-order valence-electron chi connectivity index (χ0n) is 15.5. The van der Waals surface area contributed by atoms with E-state index in [0.717, 1.165) is 44.1 Å². The van der Waals surface area contributed by atoms with Gasteiger partial charge in [-0.05, 0) is 41.7 Å². The molecule has 0 bridgehead atoms. The zero-order valence-corrected chi connectivity index (χ0v) is 15.5. The van der Waals surface area contributed by atoms with Gasteiger partial charge in [0.2, 0.25) is 5.82 Å². The summed E-state index contributed by atoms with van der Waals surface area (Å²) in [6, 6.07) is 13.6.